The summed E-state index contributed by atoms with van der Waals surface area (Å²) in [7, 11) is 1.32. The van der Waals surface area contributed by atoms with Crippen LogP contribution in [0.4, 0.5) is 0 Å². The van der Waals surface area contributed by atoms with Gasteiger partial charge in [-0.3, -0.25) is 9.78 Å². The molecular weight excluding hydrogens is 268 g/mol. The van der Waals surface area contributed by atoms with Crippen molar-refractivity contribution in [3.63, 3.8) is 0 Å². The third kappa shape index (κ3) is 3.66. The number of ether oxygens (including phenoxy) is 1. The first-order valence-electron chi connectivity index (χ1n) is 6.49. The number of hydrogen-bond donors (Lipinski definition) is 1. The van der Waals surface area contributed by atoms with Crippen molar-refractivity contribution in [2.75, 3.05) is 7.11 Å². The minimum atomic E-state index is -0.425. The van der Waals surface area contributed by atoms with Crippen LogP contribution in [0.3, 0.4) is 0 Å². The minimum absolute atomic E-state index is 0.212. The van der Waals surface area contributed by atoms with E-state index in [-0.39, 0.29) is 5.91 Å². The number of carbonyl (C=O) groups excluding carboxylic acids is 2. The number of hydrogen-bond acceptors (Lipinski definition) is 4. The van der Waals surface area contributed by atoms with Crippen LogP contribution in [0.25, 0.3) is 0 Å². The van der Waals surface area contributed by atoms with Crippen molar-refractivity contribution >= 4 is 11.9 Å². The molecule has 0 bridgehead atoms. The summed E-state index contributed by atoms with van der Waals surface area (Å²) >= 11 is 0. The summed E-state index contributed by atoms with van der Waals surface area (Å²) < 4.78 is 4.61. The lowest BCUT2D eigenvalue weighted by Crippen LogP contribution is -2.23. The van der Waals surface area contributed by atoms with Crippen molar-refractivity contribution in [3.05, 3.63) is 65.0 Å². The first-order valence-corrected chi connectivity index (χ1v) is 6.49. The van der Waals surface area contributed by atoms with Crippen molar-refractivity contribution < 1.29 is 14.3 Å². The van der Waals surface area contributed by atoms with Crippen LogP contribution in [-0.4, -0.2) is 24.0 Å². The molecule has 1 amide bonds. The molecule has 0 aliphatic rings. The fraction of sp³-hybridized carbons (Fsp3) is 0.188. The van der Waals surface area contributed by atoms with Crippen LogP contribution in [0.1, 0.15) is 32.0 Å². The average Bonchev–Trinajstić information content (AvgIpc) is 2.53. The van der Waals surface area contributed by atoms with Gasteiger partial charge in [0.25, 0.3) is 5.91 Å². The number of rotatable bonds is 4. The number of amides is 1. The molecule has 0 fully saturated rings. The zero-order valence-electron chi connectivity index (χ0n) is 11.9. The van der Waals surface area contributed by atoms with E-state index in [1.807, 2.05) is 19.1 Å². The second-order valence-electron chi connectivity index (χ2n) is 4.52. The maximum Gasteiger partial charge on any atom is 0.337 e. The van der Waals surface area contributed by atoms with Crippen molar-refractivity contribution in [2.45, 2.75) is 13.5 Å². The molecule has 0 aliphatic carbocycles. The molecule has 108 valence electrons. The highest BCUT2D eigenvalue weighted by Crippen LogP contribution is 2.07. The number of benzene rings is 1. The van der Waals surface area contributed by atoms with Gasteiger partial charge in [0.15, 0.2) is 0 Å². The molecule has 1 N–H and O–H groups in total. The van der Waals surface area contributed by atoms with Crippen molar-refractivity contribution in [2.24, 2.45) is 0 Å². The van der Waals surface area contributed by atoms with E-state index in [0.29, 0.717) is 17.7 Å². The van der Waals surface area contributed by atoms with Crippen LogP contribution in [0, 0.1) is 6.92 Å². The monoisotopic (exact) mass is 284 g/mol. The fourth-order valence-corrected chi connectivity index (χ4v) is 1.85. The Morgan fingerprint density at radius 3 is 2.43 bits per heavy atom. The quantitative estimate of drug-likeness (QED) is 0.873. The molecule has 0 saturated carbocycles. The van der Waals surface area contributed by atoms with Gasteiger partial charge in [-0.25, -0.2) is 4.79 Å². The summed E-state index contributed by atoms with van der Waals surface area (Å²) in [6.45, 7) is 2.31. The maximum atomic E-state index is 12.0. The van der Waals surface area contributed by atoms with Gasteiger partial charge in [-0.05, 0) is 42.8 Å². The van der Waals surface area contributed by atoms with Gasteiger partial charge in [-0.2, -0.15) is 0 Å². The normalized spacial score (nSPS) is 10.0. The smallest absolute Gasteiger partial charge is 0.337 e. The van der Waals surface area contributed by atoms with Gasteiger partial charge in [-0.1, -0.05) is 6.07 Å². The van der Waals surface area contributed by atoms with Crippen molar-refractivity contribution in [1.29, 1.82) is 0 Å². The van der Waals surface area contributed by atoms with Crippen LogP contribution < -0.4 is 5.32 Å². The van der Waals surface area contributed by atoms with Crippen LogP contribution >= 0.6 is 0 Å². The topological polar surface area (TPSA) is 68.3 Å². The minimum Gasteiger partial charge on any atom is -0.465 e. The average molecular weight is 284 g/mol. The molecule has 0 atom stereocenters. The van der Waals surface area contributed by atoms with E-state index >= 15 is 0 Å². The molecule has 0 aliphatic heterocycles. The predicted molar refractivity (Wildman–Crippen MR) is 77.9 cm³/mol. The Bertz CT molecular complexity index is 651. The predicted octanol–water partition coefficient (Wildman–Crippen LogP) is 2.11. The third-order valence-corrected chi connectivity index (χ3v) is 3.10. The zero-order valence-corrected chi connectivity index (χ0v) is 11.9. The SMILES string of the molecule is COC(=O)c1ccc(C(=O)NCc2ncccc2C)cc1. The summed E-state index contributed by atoms with van der Waals surface area (Å²) in [6, 6.07) is 10.1. The largest absolute Gasteiger partial charge is 0.465 e. The number of carbonyl (C=O) groups is 2. The van der Waals surface area contributed by atoms with Crippen molar-refractivity contribution in [3.8, 4) is 0 Å². The number of nitrogens with zero attached hydrogens (tertiary/aromatic N) is 1. The van der Waals surface area contributed by atoms with Crippen LogP contribution in [-0.2, 0) is 11.3 Å². The number of aromatic nitrogens is 1. The highest BCUT2D eigenvalue weighted by molar-refractivity contribution is 5.96. The van der Waals surface area contributed by atoms with E-state index in [1.54, 1.807) is 30.5 Å². The van der Waals surface area contributed by atoms with E-state index < -0.39 is 5.97 Å². The molecule has 5 nitrogen and oxygen atoms in total. The molecule has 0 unspecified atom stereocenters. The van der Waals surface area contributed by atoms with Crippen LogP contribution in [0.5, 0.6) is 0 Å². The van der Waals surface area contributed by atoms with Gasteiger partial charge < -0.3 is 10.1 Å². The fourth-order valence-electron chi connectivity index (χ4n) is 1.85. The molecule has 1 aromatic carbocycles. The Labute approximate surface area is 123 Å². The highest BCUT2D eigenvalue weighted by atomic mass is 16.5. The van der Waals surface area contributed by atoms with Crippen LogP contribution in [0.15, 0.2) is 42.6 Å². The number of aryl methyl sites for hydroxylation is 1. The first-order chi connectivity index (χ1) is 10.1. The second-order valence-corrected chi connectivity index (χ2v) is 4.52. The molecule has 5 heteroatoms. The Morgan fingerprint density at radius 1 is 1.14 bits per heavy atom. The van der Waals surface area contributed by atoms with E-state index in [1.165, 1.54) is 7.11 Å². The molecule has 0 saturated heterocycles. The molecule has 0 spiro atoms. The molecule has 2 aromatic rings. The maximum absolute atomic E-state index is 12.0. The molecule has 1 heterocycles. The Balaban J connectivity index is 2.01. The number of esters is 1. The highest BCUT2D eigenvalue weighted by Gasteiger charge is 2.09. The number of nitrogens with one attached hydrogen (secondary N) is 1. The van der Waals surface area contributed by atoms with Gasteiger partial charge >= 0.3 is 5.97 Å². The van der Waals surface area contributed by atoms with Gasteiger partial charge in [0.1, 0.15) is 0 Å². The second kappa shape index (κ2) is 6.65. The third-order valence-electron chi connectivity index (χ3n) is 3.10. The molecule has 21 heavy (non-hydrogen) atoms. The molecule has 1 aromatic heterocycles. The summed E-state index contributed by atoms with van der Waals surface area (Å²) in [5.41, 5.74) is 2.75. The summed E-state index contributed by atoms with van der Waals surface area (Å²) in [5.74, 6) is -0.637. The molecule has 0 radical (unpaired) electrons. The summed E-state index contributed by atoms with van der Waals surface area (Å²) in [5, 5.41) is 2.80. The van der Waals surface area contributed by atoms with E-state index in [9.17, 15) is 9.59 Å². The van der Waals surface area contributed by atoms with Gasteiger partial charge in [0.2, 0.25) is 0 Å². The lowest BCUT2D eigenvalue weighted by molar-refractivity contribution is 0.0600. The first kappa shape index (κ1) is 14.7. The summed E-state index contributed by atoms with van der Waals surface area (Å²) in [6.07, 6.45) is 1.69. The van der Waals surface area contributed by atoms with Gasteiger partial charge in [0, 0.05) is 11.8 Å². The lowest BCUT2D eigenvalue weighted by atomic mass is 10.1. The van der Waals surface area contributed by atoms with E-state index in [0.717, 1.165) is 11.3 Å². The zero-order chi connectivity index (χ0) is 15.2. The van der Waals surface area contributed by atoms with Crippen LogP contribution in [0.2, 0.25) is 0 Å². The molecular formula is C16H16N2O3. The van der Waals surface area contributed by atoms with E-state index in [4.69, 9.17) is 0 Å². The number of methoxy groups -OCH3 is 1. The number of pyridine rings is 1. The Hall–Kier alpha value is -2.69. The van der Waals surface area contributed by atoms with Gasteiger partial charge in [0.05, 0.1) is 24.9 Å². The van der Waals surface area contributed by atoms with E-state index in [2.05, 4.69) is 15.0 Å². The summed E-state index contributed by atoms with van der Waals surface area (Å²) in [4.78, 5) is 27.6. The van der Waals surface area contributed by atoms with Crippen molar-refractivity contribution in [1.82, 2.24) is 10.3 Å². The molecule has 2 rings (SSSR count). The lowest BCUT2D eigenvalue weighted by Gasteiger charge is -2.07. The Morgan fingerprint density at radius 2 is 1.81 bits per heavy atom. The Kier molecular flexibility index (Phi) is 4.66. The standard InChI is InChI=1S/C16H16N2O3/c1-11-4-3-9-17-14(11)10-18-15(19)12-5-7-13(8-6-12)16(20)21-2/h3-9H,10H2,1-2H3,(H,18,19). The van der Waals surface area contributed by atoms with Gasteiger partial charge in [-0.15, -0.1) is 0 Å².